The number of rotatable bonds is 6. The summed E-state index contributed by atoms with van der Waals surface area (Å²) in [5, 5.41) is 10.8. The summed E-state index contributed by atoms with van der Waals surface area (Å²) in [6, 6.07) is 47.9. The molecule has 3 heterocycles. The molecule has 0 spiro atoms. The van der Waals surface area contributed by atoms with Crippen molar-refractivity contribution in [2.45, 2.75) is 6.92 Å². The number of benzene rings is 5. The van der Waals surface area contributed by atoms with Gasteiger partial charge < -0.3 is 5.11 Å². The summed E-state index contributed by atoms with van der Waals surface area (Å²) < 4.78 is 2.09. The first-order chi connectivity index (χ1) is 23.1. The Morgan fingerprint density at radius 3 is 2.02 bits per heavy atom. The van der Waals surface area contributed by atoms with Crippen LogP contribution < -0.4 is 0 Å². The number of aromatic hydroxyl groups is 1. The van der Waals surface area contributed by atoms with Gasteiger partial charge in [0.25, 0.3) is 0 Å². The second kappa shape index (κ2) is 11.9. The number of aromatic nitrogens is 4. The maximum Gasteiger partial charge on any atom is 0.149 e. The Kier molecular flexibility index (Phi) is 7.12. The average Bonchev–Trinajstić information content (AvgIpc) is 3.52. The van der Waals surface area contributed by atoms with Crippen molar-refractivity contribution in [2.24, 2.45) is 0 Å². The number of imidazole rings is 1. The van der Waals surface area contributed by atoms with E-state index in [0.717, 1.165) is 55.8 Å². The van der Waals surface area contributed by atoms with E-state index in [-0.39, 0.29) is 5.75 Å². The zero-order valence-corrected chi connectivity index (χ0v) is 25.7. The minimum atomic E-state index is 0.0829. The quantitative estimate of drug-likeness (QED) is 0.205. The second-order valence-corrected chi connectivity index (χ2v) is 11.6. The molecule has 1 N–H and O–H groups in total. The predicted molar refractivity (Wildman–Crippen MR) is 190 cm³/mol. The average molecular weight is 607 g/mol. The highest BCUT2D eigenvalue weighted by Gasteiger charge is 2.20. The molecule has 5 nitrogen and oxygen atoms in total. The summed E-state index contributed by atoms with van der Waals surface area (Å²) in [5.41, 5.74) is 13.2. The highest BCUT2D eigenvalue weighted by molar-refractivity contribution is 5.96. The maximum atomic E-state index is 10.8. The van der Waals surface area contributed by atoms with Crippen LogP contribution in [0.25, 0.3) is 72.7 Å². The van der Waals surface area contributed by atoms with E-state index in [1.807, 2.05) is 42.6 Å². The summed E-state index contributed by atoms with van der Waals surface area (Å²) in [6.45, 7) is 2.11. The van der Waals surface area contributed by atoms with Crippen LogP contribution in [0.5, 0.6) is 5.75 Å². The molecule has 8 rings (SSSR count). The summed E-state index contributed by atoms with van der Waals surface area (Å²) in [4.78, 5) is 14.1. The first-order valence-corrected chi connectivity index (χ1v) is 15.6. The number of hydrogen-bond donors (Lipinski definition) is 1. The Morgan fingerprint density at radius 2 is 1.23 bits per heavy atom. The van der Waals surface area contributed by atoms with Crippen LogP contribution in [-0.4, -0.2) is 24.6 Å². The van der Waals surface area contributed by atoms with Gasteiger partial charge in [-0.15, -0.1) is 0 Å². The molecule has 0 aliphatic heterocycles. The zero-order chi connectivity index (χ0) is 31.7. The third-order valence-electron chi connectivity index (χ3n) is 8.62. The van der Waals surface area contributed by atoms with Gasteiger partial charge in [0.1, 0.15) is 11.6 Å². The molecule has 5 aromatic carbocycles. The van der Waals surface area contributed by atoms with Crippen LogP contribution in [0.2, 0.25) is 0 Å². The molecule has 224 valence electrons. The van der Waals surface area contributed by atoms with Crippen LogP contribution in [0, 0.1) is 6.92 Å². The van der Waals surface area contributed by atoms with Crippen molar-refractivity contribution in [1.82, 2.24) is 19.5 Å². The smallest absolute Gasteiger partial charge is 0.149 e. The SMILES string of the molecule is Cc1cnc(-c2cccc(-c3cccc4c3nc(-c3ccncc3O)n4-c3ccccc3)c2)cc1-c1ccc(-c2ccccc2)cc1. The minimum absolute atomic E-state index is 0.0829. The lowest BCUT2D eigenvalue weighted by molar-refractivity contribution is 0.474. The van der Waals surface area contributed by atoms with Crippen LogP contribution in [-0.2, 0) is 0 Å². The van der Waals surface area contributed by atoms with Crippen molar-refractivity contribution < 1.29 is 5.11 Å². The molecular formula is C42H30N4O. The zero-order valence-electron chi connectivity index (χ0n) is 25.7. The van der Waals surface area contributed by atoms with E-state index in [1.54, 1.807) is 12.3 Å². The molecule has 0 unspecified atom stereocenters. The molecule has 0 aliphatic rings. The number of pyridine rings is 2. The number of hydrogen-bond acceptors (Lipinski definition) is 4. The molecule has 0 radical (unpaired) electrons. The molecule has 0 saturated heterocycles. The largest absolute Gasteiger partial charge is 0.506 e. The van der Waals surface area contributed by atoms with Crippen molar-refractivity contribution in [3.8, 4) is 67.5 Å². The van der Waals surface area contributed by atoms with Gasteiger partial charge in [0.15, 0.2) is 0 Å². The fourth-order valence-electron chi connectivity index (χ4n) is 6.24. The normalized spacial score (nSPS) is 11.2. The van der Waals surface area contributed by atoms with Crippen molar-refractivity contribution >= 4 is 11.0 Å². The standard InChI is InChI=1S/C42H30N4O/c1-28-26-44-38(25-37(28)31-20-18-30(19-21-31)29-10-4-2-5-11-29)33-13-8-12-32(24-33)35-16-9-17-39-41(35)45-42(36-22-23-43-27-40(36)47)46(39)34-14-6-3-7-15-34/h2-27,47H,1H3. The minimum Gasteiger partial charge on any atom is -0.506 e. The predicted octanol–water partition coefficient (Wildman–Crippen LogP) is 10.2. The highest BCUT2D eigenvalue weighted by atomic mass is 16.3. The molecule has 47 heavy (non-hydrogen) atoms. The lowest BCUT2D eigenvalue weighted by Crippen LogP contribution is -1.97. The molecular weight excluding hydrogens is 576 g/mol. The number of para-hydroxylation sites is 2. The van der Waals surface area contributed by atoms with E-state index >= 15 is 0 Å². The van der Waals surface area contributed by atoms with Gasteiger partial charge in [-0.05, 0) is 76.7 Å². The van der Waals surface area contributed by atoms with E-state index in [4.69, 9.17) is 9.97 Å². The van der Waals surface area contributed by atoms with Gasteiger partial charge in [0.05, 0.1) is 28.5 Å². The van der Waals surface area contributed by atoms with Crippen LogP contribution in [0.15, 0.2) is 158 Å². The van der Waals surface area contributed by atoms with Gasteiger partial charge in [0, 0.05) is 29.2 Å². The molecule has 0 saturated carbocycles. The summed E-state index contributed by atoms with van der Waals surface area (Å²) >= 11 is 0. The molecule has 0 atom stereocenters. The van der Waals surface area contributed by atoms with E-state index < -0.39 is 0 Å². The number of nitrogens with zero attached hydrogens (tertiary/aromatic N) is 4. The lowest BCUT2D eigenvalue weighted by atomic mass is 9.96. The van der Waals surface area contributed by atoms with E-state index in [9.17, 15) is 5.11 Å². The van der Waals surface area contributed by atoms with Gasteiger partial charge in [-0.25, -0.2) is 4.98 Å². The van der Waals surface area contributed by atoms with Crippen molar-refractivity contribution in [3.05, 3.63) is 164 Å². The third-order valence-corrected chi connectivity index (χ3v) is 8.62. The van der Waals surface area contributed by atoms with Gasteiger partial charge in [-0.2, -0.15) is 0 Å². The number of aryl methyl sites for hydroxylation is 1. The van der Waals surface area contributed by atoms with Gasteiger partial charge >= 0.3 is 0 Å². The second-order valence-electron chi connectivity index (χ2n) is 11.6. The molecule has 5 heteroatoms. The van der Waals surface area contributed by atoms with Crippen LogP contribution in [0.4, 0.5) is 0 Å². The summed E-state index contributed by atoms with van der Waals surface area (Å²) in [5.74, 6) is 0.734. The Hall–Kier alpha value is -6.33. The van der Waals surface area contributed by atoms with E-state index in [2.05, 4.69) is 114 Å². The van der Waals surface area contributed by atoms with Crippen LogP contribution >= 0.6 is 0 Å². The van der Waals surface area contributed by atoms with Gasteiger partial charge in [0.2, 0.25) is 0 Å². The van der Waals surface area contributed by atoms with Crippen LogP contribution in [0.1, 0.15) is 5.56 Å². The first-order valence-electron chi connectivity index (χ1n) is 15.6. The summed E-state index contributed by atoms with van der Waals surface area (Å²) in [6.07, 6.45) is 5.08. The Labute approximate surface area is 273 Å². The monoisotopic (exact) mass is 606 g/mol. The Morgan fingerprint density at radius 1 is 0.553 bits per heavy atom. The van der Waals surface area contributed by atoms with Crippen molar-refractivity contribution in [2.75, 3.05) is 0 Å². The van der Waals surface area contributed by atoms with E-state index in [0.29, 0.717) is 11.4 Å². The molecule has 0 bridgehead atoms. The summed E-state index contributed by atoms with van der Waals surface area (Å²) in [7, 11) is 0. The maximum absolute atomic E-state index is 10.8. The van der Waals surface area contributed by atoms with Gasteiger partial charge in [-0.3, -0.25) is 14.5 Å². The molecule has 0 amide bonds. The Balaban J connectivity index is 1.22. The Bertz CT molecular complexity index is 2360. The van der Waals surface area contributed by atoms with Crippen LogP contribution in [0.3, 0.4) is 0 Å². The highest BCUT2D eigenvalue weighted by Crippen LogP contribution is 2.38. The van der Waals surface area contributed by atoms with Crippen molar-refractivity contribution in [1.29, 1.82) is 0 Å². The molecule has 3 aromatic heterocycles. The third kappa shape index (κ3) is 5.24. The van der Waals surface area contributed by atoms with Crippen molar-refractivity contribution in [3.63, 3.8) is 0 Å². The fraction of sp³-hybridized carbons (Fsp3) is 0.0238. The van der Waals surface area contributed by atoms with Gasteiger partial charge in [-0.1, -0.05) is 103 Å². The molecule has 0 aliphatic carbocycles. The molecule has 0 fully saturated rings. The number of fused-ring (bicyclic) bond motifs is 1. The molecule has 8 aromatic rings. The fourth-order valence-corrected chi connectivity index (χ4v) is 6.24. The van der Waals surface area contributed by atoms with E-state index in [1.165, 1.54) is 17.3 Å². The lowest BCUT2D eigenvalue weighted by Gasteiger charge is -2.12. The topological polar surface area (TPSA) is 63.8 Å². The first kappa shape index (κ1) is 28.2.